The van der Waals surface area contributed by atoms with Gasteiger partial charge >= 0.3 is 0 Å². The number of hydrogen-bond acceptors (Lipinski definition) is 4. The number of hydrogen-bond donors (Lipinski definition) is 2. The number of hydrazine groups is 1. The zero-order valence-electron chi connectivity index (χ0n) is 10.3. The Kier molecular flexibility index (Phi) is 5.07. The van der Waals surface area contributed by atoms with Gasteiger partial charge in [0.15, 0.2) is 0 Å². The van der Waals surface area contributed by atoms with Gasteiger partial charge in [-0.25, -0.2) is 0 Å². The van der Waals surface area contributed by atoms with Crippen molar-refractivity contribution < 1.29 is 4.74 Å². The number of halogens is 2. The highest BCUT2D eigenvalue weighted by Gasteiger charge is 2.17. The topological polar surface area (TPSA) is 47.3 Å². The molecule has 0 aliphatic heterocycles. The Morgan fingerprint density at radius 1 is 1.32 bits per heavy atom. The van der Waals surface area contributed by atoms with Gasteiger partial charge < -0.3 is 4.74 Å². The molecule has 0 aliphatic rings. The Bertz CT molecular complexity index is 559. The van der Waals surface area contributed by atoms with Crippen LogP contribution in [0.25, 0.3) is 0 Å². The van der Waals surface area contributed by atoms with E-state index in [2.05, 4.69) is 5.43 Å². The molecule has 1 aromatic heterocycles. The molecule has 1 unspecified atom stereocenters. The Hall–Kier alpha value is -0.780. The molecule has 0 aliphatic carbocycles. The molecular formula is C13H14Cl2N2OS. The SMILES string of the molecule is COc1ccsc1C(Cc1ccc(Cl)c(Cl)c1)NN. The van der Waals surface area contributed by atoms with E-state index < -0.39 is 0 Å². The molecule has 1 atom stereocenters. The van der Waals surface area contributed by atoms with E-state index in [0.717, 1.165) is 16.2 Å². The summed E-state index contributed by atoms with van der Waals surface area (Å²) in [5.74, 6) is 6.49. The van der Waals surface area contributed by atoms with E-state index in [9.17, 15) is 0 Å². The van der Waals surface area contributed by atoms with Crippen LogP contribution >= 0.6 is 34.5 Å². The zero-order chi connectivity index (χ0) is 13.8. The summed E-state index contributed by atoms with van der Waals surface area (Å²) in [6.45, 7) is 0. The number of nitrogens with two attached hydrogens (primary N) is 1. The summed E-state index contributed by atoms with van der Waals surface area (Å²) in [7, 11) is 1.65. The lowest BCUT2D eigenvalue weighted by molar-refractivity contribution is 0.403. The van der Waals surface area contributed by atoms with Crippen LogP contribution < -0.4 is 16.0 Å². The fourth-order valence-electron chi connectivity index (χ4n) is 1.86. The van der Waals surface area contributed by atoms with Gasteiger partial charge in [-0.2, -0.15) is 0 Å². The van der Waals surface area contributed by atoms with Gasteiger partial charge in [0.05, 0.1) is 28.1 Å². The number of methoxy groups -OCH3 is 1. The second kappa shape index (κ2) is 6.59. The average Bonchev–Trinajstić information content (AvgIpc) is 2.88. The van der Waals surface area contributed by atoms with Crippen LogP contribution in [0.4, 0.5) is 0 Å². The van der Waals surface area contributed by atoms with Gasteiger partial charge in [-0.1, -0.05) is 29.3 Å². The number of rotatable bonds is 5. The van der Waals surface area contributed by atoms with Crippen LogP contribution in [0, 0.1) is 0 Å². The first kappa shape index (κ1) is 14.6. The summed E-state index contributed by atoms with van der Waals surface area (Å²) in [4.78, 5) is 1.07. The van der Waals surface area contributed by atoms with E-state index in [1.54, 1.807) is 24.5 Å². The standard InChI is InChI=1S/C13H14Cl2N2OS/c1-18-12-4-5-19-13(12)11(17-16)7-8-2-3-9(14)10(15)6-8/h2-6,11,17H,7,16H2,1H3. The number of thiophene rings is 1. The van der Waals surface area contributed by atoms with E-state index in [0.29, 0.717) is 16.5 Å². The van der Waals surface area contributed by atoms with Crippen LogP contribution in [0.15, 0.2) is 29.6 Å². The van der Waals surface area contributed by atoms with Gasteiger partial charge in [0.2, 0.25) is 0 Å². The lowest BCUT2D eigenvalue weighted by atomic mass is 10.0. The second-order valence-corrected chi connectivity index (χ2v) is 5.79. The molecule has 1 heterocycles. The maximum absolute atomic E-state index is 6.02. The van der Waals surface area contributed by atoms with Gasteiger partial charge in [-0.15, -0.1) is 11.3 Å². The molecule has 3 nitrogen and oxygen atoms in total. The highest BCUT2D eigenvalue weighted by atomic mass is 35.5. The van der Waals surface area contributed by atoms with Crippen molar-refractivity contribution in [2.45, 2.75) is 12.5 Å². The molecule has 0 saturated heterocycles. The Balaban J connectivity index is 2.21. The number of ether oxygens (including phenoxy) is 1. The van der Waals surface area contributed by atoms with Crippen LogP contribution in [-0.4, -0.2) is 7.11 Å². The summed E-state index contributed by atoms with van der Waals surface area (Å²) >= 11 is 13.5. The van der Waals surface area contributed by atoms with E-state index in [-0.39, 0.29) is 6.04 Å². The van der Waals surface area contributed by atoms with Crippen molar-refractivity contribution >= 4 is 34.5 Å². The molecule has 6 heteroatoms. The van der Waals surface area contributed by atoms with Crippen LogP contribution in [0.5, 0.6) is 5.75 Å². The lowest BCUT2D eigenvalue weighted by Gasteiger charge is -2.16. The minimum Gasteiger partial charge on any atom is -0.496 e. The molecule has 0 spiro atoms. The molecule has 19 heavy (non-hydrogen) atoms. The first-order valence-corrected chi connectivity index (χ1v) is 7.30. The van der Waals surface area contributed by atoms with Gasteiger partial charge in [0.1, 0.15) is 5.75 Å². The fraction of sp³-hybridized carbons (Fsp3) is 0.231. The molecule has 3 N–H and O–H groups in total. The quantitative estimate of drug-likeness (QED) is 0.651. The summed E-state index contributed by atoms with van der Waals surface area (Å²) in [5.41, 5.74) is 3.88. The van der Waals surface area contributed by atoms with Gasteiger partial charge in [0, 0.05) is 0 Å². The predicted octanol–water partition coefficient (Wildman–Crippen LogP) is 3.81. The maximum Gasteiger partial charge on any atom is 0.134 e. The van der Waals surface area contributed by atoms with Crippen LogP contribution in [0.2, 0.25) is 10.0 Å². The minimum atomic E-state index is -0.0211. The molecule has 2 aromatic rings. The summed E-state index contributed by atoms with van der Waals surface area (Å²) < 4.78 is 5.32. The highest BCUT2D eigenvalue weighted by molar-refractivity contribution is 7.10. The second-order valence-electron chi connectivity index (χ2n) is 4.03. The van der Waals surface area contributed by atoms with Crippen LogP contribution in [0.3, 0.4) is 0 Å². The molecule has 0 fully saturated rings. The minimum absolute atomic E-state index is 0.0211. The largest absolute Gasteiger partial charge is 0.496 e. The van der Waals surface area contributed by atoms with Crippen molar-refractivity contribution in [1.29, 1.82) is 0 Å². The first-order valence-electron chi connectivity index (χ1n) is 5.67. The molecule has 0 amide bonds. The van der Waals surface area contributed by atoms with Crippen molar-refractivity contribution in [1.82, 2.24) is 5.43 Å². The summed E-state index contributed by atoms with van der Waals surface area (Å²) in [6, 6.07) is 7.50. The third-order valence-electron chi connectivity index (χ3n) is 2.82. The summed E-state index contributed by atoms with van der Waals surface area (Å²) in [6.07, 6.45) is 0.713. The normalized spacial score (nSPS) is 12.4. The number of nitrogens with one attached hydrogen (secondary N) is 1. The van der Waals surface area contributed by atoms with E-state index >= 15 is 0 Å². The molecule has 102 valence electrons. The number of benzene rings is 1. The average molecular weight is 317 g/mol. The van der Waals surface area contributed by atoms with Crippen LogP contribution in [0.1, 0.15) is 16.5 Å². The molecule has 0 bridgehead atoms. The third kappa shape index (κ3) is 3.41. The smallest absolute Gasteiger partial charge is 0.134 e. The van der Waals surface area contributed by atoms with Crippen molar-refractivity contribution in [2.24, 2.45) is 5.84 Å². The van der Waals surface area contributed by atoms with Gasteiger partial charge in [0.25, 0.3) is 0 Å². The monoisotopic (exact) mass is 316 g/mol. The fourth-order valence-corrected chi connectivity index (χ4v) is 3.10. The molecule has 0 saturated carbocycles. The Morgan fingerprint density at radius 2 is 2.11 bits per heavy atom. The van der Waals surface area contributed by atoms with E-state index in [4.69, 9.17) is 33.8 Å². The van der Waals surface area contributed by atoms with Gasteiger partial charge in [-0.05, 0) is 35.6 Å². The van der Waals surface area contributed by atoms with E-state index in [1.165, 1.54) is 0 Å². The molecular weight excluding hydrogens is 303 g/mol. The first-order chi connectivity index (χ1) is 9.15. The predicted molar refractivity (Wildman–Crippen MR) is 81.1 cm³/mol. The molecule has 0 radical (unpaired) electrons. The van der Waals surface area contributed by atoms with Crippen molar-refractivity contribution in [3.63, 3.8) is 0 Å². The van der Waals surface area contributed by atoms with Crippen molar-refractivity contribution in [3.05, 3.63) is 50.1 Å². The highest BCUT2D eigenvalue weighted by Crippen LogP contribution is 2.33. The van der Waals surface area contributed by atoms with Gasteiger partial charge in [-0.3, -0.25) is 11.3 Å². The third-order valence-corrected chi connectivity index (χ3v) is 4.57. The summed E-state index contributed by atoms with van der Waals surface area (Å²) in [5, 5.41) is 3.08. The van der Waals surface area contributed by atoms with Crippen LogP contribution in [-0.2, 0) is 6.42 Å². The van der Waals surface area contributed by atoms with Crippen molar-refractivity contribution in [3.8, 4) is 5.75 Å². The maximum atomic E-state index is 6.02. The Labute approximate surface area is 126 Å². The van der Waals surface area contributed by atoms with Crippen molar-refractivity contribution in [2.75, 3.05) is 7.11 Å². The zero-order valence-corrected chi connectivity index (χ0v) is 12.6. The lowest BCUT2D eigenvalue weighted by Crippen LogP contribution is -2.29. The molecule has 1 aromatic carbocycles. The molecule has 2 rings (SSSR count). The van der Waals surface area contributed by atoms with E-state index in [1.807, 2.05) is 23.6 Å². The Morgan fingerprint density at radius 3 is 2.74 bits per heavy atom.